The summed E-state index contributed by atoms with van der Waals surface area (Å²) in [5, 5.41) is 0. The molecular formula is C11H27NS2Sn. The molecule has 0 saturated carbocycles. The first-order valence-corrected chi connectivity index (χ1v) is 11.7. The van der Waals surface area contributed by atoms with Crippen LogP contribution in [0.4, 0.5) is 0 Å². The Bertz CT molecular complexity index is 81.0. The Hall–Kier alpha value is 1.46. The van der Waals surface area contributed by atoms with E-state index in [2.05, 4.69) is 37.1 Å². The summed E-state index contributed by atoms with van der Waals surface area (Å²) in [6.07, 6.45) is 4.01. The second-order valence-electron chi connectivity index (χ2n) is 3.15. The van der Waals surface area contributed by atoms with Gasteiger partial charge in [0.2, 0.25) is 0 Å². The van der Waals surface area contributed by atoms with Gasteiger partial charge >= 0.3 is 68.5 Å². The van der Waals surface area contributed by atoms with Crippen LogP contribution in [0.2, 0.25) is 9.38 Å². The molecule has 0 aliphatic rings. The number of hydrogen-bond donors (Lipinski definition) is 1. The Balaban J connectivity index is -0.000000200. The van der Waals surface area contributed by atoms with Gasteiger partial charge in [0.05, 0.1) is 0 Å². The maximum atomic E-state index is 5.59. The van der Waals surface area contributed by atoms with E-state index in [9.17, 15) is 0 Å². The number of rotatable bonds is 5. The van der Waals surface area contributed by atoms with Crippen LogP contribution in [-0.2, 0) is 25.3 Å². The summed E-state index contributed by atoms with van der Waals surface area (Å²) < 4.78 is 1.54. The second kappa shape index (κ2) is 24.6. The van der Waals surface area contributed by atoms with Crippen molar-refractivity contribution in [1.82, 2.24) is 0 Å². The van der Waals surface area contributed by atoms with E-state index in [0.29, 0.717) is 6.04 Å². The molecule has 2 N–H and O–H groups in total. The van der Waals surface area contributed by atoms with E-state index in [0.717, 1.165) is 11.5 Å². The normalized spacial score (nSPS) is 10.1. The van der Waals surface area contributed by atoms with Crippen molar-refractivity contribution in [2.45, 2.75) is 55.5 Å². The van der Waals surface area contributed by atoms with Gasteiger partial charge in [-0.3, -0.25) is 0 Å². The molecule has 0 aliphatic carbocycles. The third kappa shape index (κ3) is 50.3. The van der Waals surface area contributed by atoms with Gasteiger partial charge in [0, 0.05) is 0 Å². The number of unbranched alkanes of at least 4 members (excludes halogenated alkanes) is 1. The average molecular weight is 356 g/mol. The molecule has 0 bridgehead atoms. The Morgan fingerprint density at radius 1 is 1.13 bits per heavy atom. The van der Waals surface area contributed by atoms with Crippen molar-refractivity contribution in [3.05, 3.63) is 0 Å². The van der Waals surface area contributed by atoms with E-state index in [1.54, 1.807) is 0 Å². The van der Waals surface area contributed by atoms with Crippen molar-refractivity contribution in [3.63, 3.8) is 0 Å². The Morgan fingerprint density at radius 2 is 1.53 bits per heavy atom. The molecule has 0 radical (unpaired) electrons. The van der Waals surface area contributed by atoms with Crippen LogP contribution in [0.25, 0.3) is 0 Å². The molecule has 1 unspecified atom stereocenters. The first-order valence-electron chi connectivity index (χ1n) is 5.66. The summed E-state index contributed by atoms with van der Waals surface area (Å²) >= 11 is 8.89. The zero-order chi connectivity index (χ0) is 12.5. The van der Waals surface area contributed by atoms with Crippen molar-refractivity contribution in [1.29, 1.82) is 0 Å². The average Bonchev–Trinajstić information content (AvgIpc) is 2.15. The Morgan fingerprint density at radius 3 is 1.80 bits per heavy atom. The molecule has 4 heteroatoms. The maximum absolute atomic E-state index is 5.59. The fourth-order valence-corrected chi connectivity index (χ4v) is 2.49. The molecule has 92 valence electrons. The molecule has 0 rings (SSSR count). The number of hydrogen-bond acceptors (Lipinski definition) is 3. The molecule has 0 aromatic carbocycles. The zero-order valence-electron chi connectivity index (χ0n) is 10.7. The molecule has 0 spiro atoms. The minimum absolute atomic E-state index is 0.107. The summed E-state index contributed by atoms with van der Waals surface area (Å²) in [7, 11) is 0. The van der Waals surface area contributed by atoms with E-state index in [-0.39, 0.29) is 21.1 Å². The van der Waals surface area contributed by atoms with Gasteiger partial charge in [-0.2, -0.15) is 11.5 Å². The molecule has 0 aromatic heterocycles. The molecule has 0 amide bonds. The van der Waals surface area contributed by atoms with Gasteiger partial charge < -0.3 is 25.3 Å². The van der Waals surface area contributed by atoms with Gasteiger partial charge in [0.15, 0.2) is 0 Å². The zero-order valence-corrected chi connectivity index (χ0v) is 15.2. The van der Waals surface area contributed by atoms with Crippen LogP contribution in [0.3, 0.4) is 0 Å². The van der Waals surface area contributed by atoms with Crippen LogP contribution < -0.4 is 5.73 Å². The minimum atomic E-state index is 0.107. The van der Waals surface area contributed by atoms with Crippen molar-refractivity contribution in [3.8, 4) is 0 Å². The van der Waals surface area contributed by atoms with Crippen LogP contribution in [0.5, 0.6) is 0 Å². The quantitative estimate of drug-likeness (QED) is 0.466. The fourth-order valence-electron chi connectivity index (χ4n) is 0.768. The third-order valence-electron chi connectivity index (χ3n) is 1.34. The van der Waals surface area contributed by atoms with Crippen molar-refractivity contribution in [2.24, 2.45) is 5.73 Å². The first-order chi connectivity index (χ1) is 7.10. The molecule has 0 fully saturated rings. The second-order valence-corrected chi connectivity index (χ2v) is 7.75. The van der Waals surface area contributed by atoms with Crippen molar-refractivity contribution >= 4 is 46.4 Å². The number of nitrogens with two attached hydrogens (primary N) is 1. The van der Waals surface area contributed by atoms with Gasteiger partial charge in [0.1, 0.15) is 0 Å². The van der Waals surface area contributed by atoms with Gasteiger partial charge in [-0.25, -0.2) is 0 Å². The predicted octanol–water partition coefficient (Wildman–Crippen LogP) is 2.78. The summed E-state index contributed by atoms with van der Waals surface area (Å²) in [5.74, 6) is 1.67. The van der Waals surface area contributed by atoms with E-state index in [1.807, 2.05) is 13.8 Å². The molecule has 0 saturated heterocycles. The fraction of sp³-hybridized carbons (Fsp3) is 1.00. The molecule has 0 heterocycles. The molecule has 0 aliphatic heterocycles. The van der Waals surface area contributed by atoms with Gasteiger partial charge in [-0.1, -0.05) is 13.8 Å². The standard InChI is InChI=1S/C6H14N.2C2H6S.CH3.Sn/c1-3-4-5-6(2)7;2*1-2-3;;/h6H,1,3-5,7H2,2H3;2*3H,2H2,1H3;1H3;/q;;;;+2/p-2. The first kappa shape index (κ1) is 21.7. The summed E-state index contributed by atoms with van der Waals surface area (Å²) in [6, 6.07) is 0.423. The third-order valence-corrected chi connectivity index (χ3v) is 3.77. The predicted molar refractivity (Wildman–Crippen MR) is 79.7 cm³/mol. The van der Waals surface area contributed by atoms with E-state index in [4.69, 9.17) is 5.73 Å². The van der Waals surface area contributed by atoms with E-state index < -0.39 is 0 Å². The SMILES string of the molecule is CC[S-].CC[S-].[CH3][Sn+2][CH2]CCCC(C)N. The van der Waals surface area contributed by atoms with Crippen molar-refractivity contribution < 1.29 is 0 Å². The summed E-state index contributed by atoms with van der Waals surface area (Å²) in [4.78, 5) is 2.40. The van der Waals surface area contributed by atoms with Crippen molar-refractivity contribution in [2.75, 3.05) is 11.5 Å². The molecular weight excluding hydrogens is 329 g/mol. The van der Waals surface area contributed by atoms with Crippen LogP contribution in [0, 0.1) is 0 Å². The molecule has 1 nitrogen and oxygen atoms in total. The summed E-state index contributed by atoms with van der Waals surface area (Å²) in [6.45, 7) is 5.97. The molecule has 0 aromatic rings. The van der Waals surface area contributed by atoms with Crippen LogP contribution in [0.1, 0.15) is 40.0 Å². The topological polar surface area (TPSA) is 26.0 Å². The van der Waals surface area contributed by atoms with Gasteiger partial charge in [0.25, 0.3) is 0 Å². The molecule has 1 atom stereocenters. The van der Waals surface area contributed by atoms with Crippen LogP contribution >= 0.6 is 0 Å². The van der Waals surface area contributed by atoms with Gasteiger partial charge in [-0.05, 0) is 0 Å². The van der Waals surface area contributed by atoms with E-state index >= 15 is 0 Å². The Kier molecular flexibility index (Phi) is 35.6. The molecule has 15 heavy (non-hydrogen) atoms. The van der Waals surface area contributed by atoms with Gasteiger partial charge in [-0.15, -0.1) is 0 Å². The summed E-state index contributed by atoms with van der Waals surface area (Å²) in [5.41, 5.74) is 5.59. The Labute approximate surface area is 118 Å². The van der Waals surface area contributed by atoms with Crippen LogP contribution in [-0.4, -0.2) is 38.7 Å². The van der Waals surface area contributed by atoms with Crippen LogP contribution in [0.15, 0.2) is 0 Å². The monoisotopic (exact) mass is 357 g/mol. The van der Waals surface area contributed by atoms with E-state index in [1.165, 1.54) is 23.7 Å².